The molecular weight excluding hydrogens is 1360 g/mol. The van der Waals surface area contributed by atoms with Crippen LogP contribution in [-0.4, -0.2) is 179 Å². The Hall–Kier alpha value is -8.50. The van der Waals surface area contributed by atoms with Crippen molar-refractivity contribution in [2.75, 3.05) is 13.1 Å². The topological polar surface area (TPSA) is 422 Å². The number of nitrogens with one attached hydrogen (secondary N) is 12. The molecule has 0 spiro atoms. The molecule has 29 nitrogen and oxygen atoms in total. The van der Waals surface area contributed by atoms with Crippen molar-refractivity contribution in [3.05, 3.63) is 47.7 Å². The fourth-order valence-electron chi connectivity index (χ4n) is 12.5. The minimum atomic E-state index is -1.82. The molecule has 0 radical (unpaired) electrons. The number of hydrogen-bond acceptors (Lipinski definition) is 16. The van der Waals surface area contributed by atoms with Crippen LogP contribution in [0.25, 0.3) is 0 Å². The summed E-state index contributed by atoms with van der Waals surface area (Å²) < 4.78 is 5.97. The fourth-order valence-corrected chi connectivity index (χ4v) is 12.5. The van der Waals surface area contributed by atoms with Crippen molar-refractivity contribution in [3.8, 4) is 0 Å². The number of allylic oxidation sites excluding steroid dienone is 1. The van der Waals surface area contributed by atoms with Crippen LogP contribution in [0.4, 0.5) is 0 Å². The highest BCUT2D eigenvalue weighted by atomic mass is 16.5. The third kappa shape index (κ3) is 28.3. The molecule has 0 aliphatic carbocycles. The zero-order valence-corrected chi connectivity index (χ0v) is 66.5. The van der Waals surface area contributed by atoms with Gasteiger partial charge < -0.3 is 79.2 Å². The van der Waals surface area contributed by atoms with Gasteiger partial charge in [0, 0.05) is 19.4 Å². The molecule has 0 unspecified atom stereocenters. The van der Waals surface area contributed by atoms with E-state index in [4.69, 9.17) is 10.5 Å². The van der Waals surface area contributed by atoms with E-state index in [1.54, 1.807) is 127 Å². The Labute approximate surface area is 628 Å². The molecule has 14 N–H and O–H groups in total. The summed E-state index contributed by atoms with van der Waals surface area (Å²) in [5.41, 5.74) is 6.37. The highest BCUT2D eigenvalue weighted by Gasteiger charge is 2.44. The minimum absolute atomic E-state index is 0.0313. The number of likely N-dealkylation sites (tertiary alicyclic amines) is 1. The van der Waals surface area contributed by atoms with Crippen LogP contribution in [0, 0.1) is 53.3 Å². The Morgan fingerprint density at radius 3 is 1.69 bits per heavy atom. The maximum atomic E-state index is 15.1. The van der Waals surface area contributed by atoms with Crippen molar-refractivity contribution < 1.29 is 71.9 Å². The van der Waals surface area contributed by atoms with Gasteiger partial charge in [-0.3, -0.25) is 62.3 Å². The molecule has 3 rings (SSSR count). The maximum absolute atomic E-state index is 15.1. The molecule has 2 aliphatic rings. The van der Waals surface area contributed by atoms with Crippen LogP contribution in [0.5, 0.6) is 0 Å². The number of carbonyl (C=O) groups excluding carboxylic acids is 14. The van der Waals surface area contributed by atoms with Crippen LogP contribution in [0.15, 0.2) is 42.1 Å². The van der Waals surface area contributed by atoms with Gasteiger partial charge in [0.1, 0.15) is 84.3 Å². The summed E-state index contributed by atoms with van der Waals surface area (Å²) in [4.78, 5) is 203. The second-order valence-corrected chi connectivity index (χ2v) is 31.1. The standard InChI is InChI=1S/C77H128N14O15/c1-21-47(18)62(74(102)90-64-49(20)106-77(105)61(46(16)17)87-65(93)51(23-3)79-67(95)54(39-50-31-25-24-26-32-50)82-71(99)58(43(10)11)85-73(101)63(48(19)22-2)89-75(64)103)88-66(94)52(33-28-36-78)80-69(97)55-34-29-37-91(55)76(104)60(45(14)15)86-72(100)59(44(12)13)84-68(96)53(38-41(6)7)81-70(98)57(42(8)9)83-56(92)35-27-30-40(4)5/h23-26,31-32,40-49,52-55,57-64H,21-22,27-30,33-39,78H2,1-20H3,(H,79,95)(H,80,97)(H,81,98)(H,82,99)(H,83,92)(H,84,96)(H,85,101)(H,86,100)(H,87,93)(H,88,94)(H,89,103)(H,90,102)/b51-23-/t47-,48-,49+,52-,53-,54-,55+,57+,58+,59-,60+,61-,62+,63+,64+/m0/s1. The first-order chi connectivity index (χ1) is 49.7. The number of nitrogens with zero attached hydrogens (tertiary/aromatic N) is 1. The van der Waals surface area contributed by atoms with E-state index in [0.29, 0.717) is 30.7 Å². The van der Waals surface area contributed by atoms with Crippen LogP contribution < -0.4 is 69.5 Å². The molecule has 29 heteroatoms. The second kappa shape index (κ2) is 44.6. The lowest BCUT2D eigenvalue weighted by atomic mass is 9.95. The van der Waals surface area contributed by atoms with Gasteiger partial charge in [0.25, 0.3) is 5.91 Å². The number of hydrogen-bond donors (Lipinski definition) is 13. The maximum Gasteiger partial charge on any atom is 0.329 e. The highest BCUT2D eigenvalue weighted by Crippen LogP contribution is 2.23. The number of carbonyl (C=O) groups is 14. The summed E-state index contributed by atoms with van der Waals surface area (Å²) in [7, 11) is 0. The first-order valence-electron chi connectivity index (χ1n) is 38.3. The van der Waals surface area contributed by atoms with E-state index in [2.05, 4.69) is 77.6 Å². The van der Waals surface area contributed by atoms with Gasteiger partial charge in [-0.1, -0.05) is 180 Å². The Morgan fingerprint density at radius 1 is 0.585 bits per heavy atom. The number of amides is 13. The molecule has 2 aliphatic heterocycles. The predicted molar refractivity (Wildman–Crippen MR) is 403 cm³/mol. The lowest BCUT2D eigenvalue weighted by Gasteiger charge is -2.33. The van der Waals surface area contributed by atoms with E-state index in [-0.39, 0.29) is 81.5 Å². The van der Waals surface area contributed by atoms with Crippen molar-refractivity contribution in [2.45, 2.75) is 288 Å². The number of esters is 1. The quantitative estimate of drug-likeness (QED) is 0.0347. The number of nitrogens with two attached hydrogens (primary N) is 1. The van der Waals surface area contributed by atoms with Crippen LogP contribution in [0.1, 0.15) is 208 Å². The van der Waals surface area contributed by atoms with Crippen molar-refractivity contribution in [2.24, 2.45) is 59.0 Å². The smallest absolute Gasteiger partial charge is 0.329 e. The minimum Gasteiger partial charge on any atom is -0.458 e. The van der Waals surface area contributed by atoms with Gasteiger partial charge in [0.05, 0.1) is 0 Å². The first kappa shape index (κ1) is 91.7. The third-order valence-corrected chi connectivity index (χ3v) is 19.5. The SMILES string of the molecule is C/C=C1\NC(=O)[C@H](Cc2ccccc2)NC(=O)[C@@H](C(C)C)NC(=O)[C@@H]([C@@H](C)CC)NC(=O)[C@H](NC(=O)[C@H](NC(=O)[C@H](CCCN)NC(=O)[C@H]2CCCN2C(=O)[C@H](NC(=O)[C@@H](NC(=O)[C@H](CC(C)C)NC(=O)[C@H](NC(=O)CCCC(C)C)C(C)C)C(C)C)C(C)C)[C@@H](C)CC)[C@@H](C)OC(=O)[C@H](C(C)C)NC1=O. The lowest BCUT2D eigenvalue weighted by Crippen LogP contribution is -2.64. The Bertz CT molecular complexity index is 3180. The van der Waals surface area contributed by atoms with E-state index in [0.717, 1.165) is 6.42 Å². The number of cyclic esters (lactones) is 1. The van der Waals surface area contributed by atoms with E-state index >= 15 is 9.59 Å². The second-order valence-electron chi connectivity index (χ2n) is 31.1. The molecule has 1 aromatic rings. The Balaban J connectivity index is 2.00. The van der Waals surface area contributed by atoms with Crippen molar-refractivity contribution in [3.63, 3.8) is 0 Å². The van der Waals surface area contributed by atoms with E-state index in [1.165, 1.54) is 24.8 Å². The highest BCUT2D eigenvalue weighted by molar-refractivity contribution is 6.03. The average molecular weight is 1490 g/mol. The molecule has 0 saturated carbocycles. The molecule has 15 atom stereocenters. The molecule has 0 bridgehead atoms. The summed E-state index contributed by atoms with van der Waals surface area (Å²) in [5.74, 6) is -14.2. The van der Waals surface area contributed by atoms with Gasteiger partial charge >= 0.3 is 5.97 Å². The Morgan fingerprint density at radius 2 is 1.14 bits per heavy atom. The summed E-state index contributed by atoms with van der Waals surface area (Å²) in [6.07, 6.45) is 2.92. The van der Waals surface area contributed by atoms with Crippen LogP contribution >= 0.6 is 0 Å². The van der Waals surface area contributed by atoms with Crippen molar-refractivity contribution in [1.82, 2.24) is 68.7 Å². The zero-order valence-electron chi connectivity index (χ0n) is 66.5. The van der Waals surface area contributed by atoms with Gasteiger partial charge in [-0.25, -0.2) is 4.79 Å². The van der Waals surface area contributed by atoms with Gasteiger partial charge in [0.15, 0.2) is 0 Å². The molecule has 106 heavy (non-hydrogen) atoms. The first-order valence-corrected chi connectivity index (χ1v) is 38.3. The van der Waals surface area contributed by atoms with Gasteiger partial charge in [0.2, 0.25) is 70.9 Å². The molecule has 596 valence electrons. The molecule has 2 heterocycles. The largest absolute Gasteiger partial charge is 0.458 e. The summed E-state index contributed by atoms with van der Waals surface area (Å²) >= 11 is 0. The molecular formula is C77H128N14O15. The molecule has 13 amide bonds. The fraction of sp³-hybridized carbons (Fsp3) is 0.714. The monoisotopic (exact) mass is 1490 g/mol. The van der Waals surface area contributed by atoms with Crippen LogP contribution in [0.3, 0.4) is 0 Å². The predicted octanol–water partition coefficient (Wildman–Crippen LogP) is 3.50. The van der Waals surface area contributed by atoms with Crippen LogP contribution in [-0.2, 0) is 78.3 Å². The number of rotatable bonds is 34. The van der Waals surface area contributed by atoms with E-state index in [9.17, 15) is 57.5 Å². The summed E-state index contributed by atoms with van der Waals surface area (Å²) in [6, 6.07) is -6.81. The normalized spacial score (nSPS) is 22.2. The van der Waals surface area contributed by atoms with E-state index < -0.39 is 191 Å². The molecule has 1 aromatic carbocycles. The van der Waals surface area contributed by atoms with Crippen LogP contribution in [0.2, 0.25) is 0 Å². The van der Waals surface area contributed by atoms with Gasteiger partial charge in [-0.15, -0.1) is 0 Å². The van der Waals surface area contributed by atoms with Gasteiger partial charge in [-0.05, 0) is 118 Å². The molecule has 0 aromatic heterocycles. The molecule has 2 saturated heterocycles. The van der Waals surface area contributed by atoms with Gasteiger partial charge in [-0.2, -0.15) is 0 Å². The Kier molecular flexibility index (Phi) is 38.6. The lowest BCUT2D eigenvalue weighted by molar-refractivity contribution is -0.157. The van der Waals surface area contributed by atoms with Crippen molar-refractivity contribution >= 4 is 82.8 Å². The van der Waals surface area contributed by atoms with E-state index in [1.807, 2.05) is 13.8 Å². The third-order valence-electron chi connectivity index (χ3n) is 19.5. The van der Waals surface area contributed by atoms with Crippen molar-refractivity contribution in [1.29, 1.82) is 0 Å². The number of ether oxygens (including phenoxy) is 1. The summed E-state index contributed by atoms with van der Waals surface area (Å²) in [6.45, 7) is 34.7. The zero-order chi connectivity index (χ0) is 80.1. The molecule has 2 fully saturated rings. The summed E-state index contributed by atoms with van der Waals surface area (Å²) in [5, 5.41) is 33.1. The number of benzene rings is 1. The average Bonchev–Trinajstić information content (AvgIpc) is 1.58.